The Balaban J connectivity index is 2.87. The van der Waals surface area contributed by atoms with E-state index in [1.807, 2.05) is 4.90 Å². The van der Waals surface area contributed by atoms with Crippen molar-refractivity contribution >= 4 is 44.7 Å². The van der Waals surface area contributed by atoms with Crippen molar-refractivity contribution in [3.63, 3.8) is 0 Å². The van der Waals surface area contributed by atoms with E-state index in [4.69, 9.17) is 28.3 Å². The molecule has 1 N–H and O–H groups in total. The van der Waals surface area contributed by atoms with Gasteiger partial charge in [-0.1, -0.05) is 0 Å². The number of carboxylic acid groups (broad SMARTS) is 1. The molecular weight excluding hydrogens is 337 g/mol. The van der Waals surface area contributed by atoms with Crippen molar-refractivity contribution < 1.29 is 18.3 Å². The van der Waals surface area contributed by atoms with Gasteiger partial charge in [-0.15, -0.1) is 23.2 Å². The van der Waals surface area contributed by atoms with Crippen LogP contribution in [0.5, 0.6) is 0 Å². The molecule has 0 saturated heterocycles. The molecule has 5 nitrogen and oxygen atoms in total. The first-order valence-electron chi connectivity index (χ1n) is 6.32. The van der Waals surface area contributed by atoms with Gasteiger partial charge in [-0.2, -0.15) is 0 Å². The van der Waals surface area contributed by atoms with Gasteiger partial charge in [0.05, 0.1) is 17.1 Å². The van der Waals surface area contributed by atoms with E-state index in [1.165, 1.54) is 12.1 Å². The summed E-state index contributed by atoms with van der Waals surface area (Å²) in [5, 5.41) is 8.56. The molecule has 0 radical (unpaired) electrons. The average Bonchev–Trinajstić information content (AvgIpc) is 2.45. The lowest BCUT2D eigenvalue weighted by Crippen LogP contribution is -2.27. The summed E-state index contributed by atoms with van der Waals surface area (Å²) >= 11 is 11.4. The molecule has 0 aliphatic heterocycles. The second-order valence-electron chi connectivity index (χ2n) is 4.32. The summed E-state index contributed by atoms with van der Waals surface area (Å²) in [7, 11) is -3.57. The number of carbonyl (C=O) groups is 1. The number of alkyl halides is 2. The number of halogens is 2. The van der Waals surface area contributed by atoms with E-state index in [-0.39, 0.29) is 4.90 Å². The Bertz CT molecular complexity index is 554. The third-order valence-electron chi connectivity index (χ3n) is 2.85. The Labute approximate surface area is 134 Å². The lowest BCUT2D eigenvalue weighted by atomic mass is 10.3. The van der Waals surface area contributed by atoms with Gasteiger partial charge in [0, 0.05) is 30.5 Å². The van der Waals surface area contributed by atoms with E-state index in [2.05, 4.69) is 0 Å². The van der Waals surface area contributed by atoms with Crippen LogP contribution in [0.15, 0.2) is 29.2 Å². The number of nitrogens with zero attached hydrogens (tertiary/aromatic N) is 1. The highest BCUT2D eigenvalue weighted by molar-refractivity contribution is 7.91. The van der Waals surface area contributed by atoms with E-state index in [0.717, 1.165) is 5.69 Å². The predicted molar refractivity (Wildman–Crippen MR) is 84.4 cm³/mol. The standard InChI is InChI=1S/C13H17Cl2NO4S/c14-6-8-16(9-7-15)11-1-3-12(4-2-11)21(19,20)10-5-13(17)18/h1-4H,5-10H2,(H,17,18). The Morgan fingerprint density at radius 2 is 1.62 bits per heavy atom. The van der Waals surface area contributed by atoms with E-state index >= 15 is 0 Å². The van der Waals surface area contributed by atoms with E-state index in [9.17, 15) is 13.2 Å². The summed E-state index contributed by atoms with van der Waals surface area (Å²) < 4.78 is 23.9. The first-order valence-corrected chi connectivity index (χ1v) is 9.04. The third kappa shape index (κ3) is 5.73. The number of benzene rings is 1. The van der Waals surface area contributed by atoms with Gasteiger partial charge < -0.3 is 10.0 Å². The fourth-order valence-electron chi connectivity index (χ4n) is 1.78. The second kappa shape index (κ2) is 8.46. The summed E-state index contributed by atoms with van der Waals surface area (Å²) in [6, 6.07) is 6.30. The molecule has 0 saturated carbocycles. The lowest BCUT2D eigenvalue weighted by Gasteiger charge is -2.23. The highest BCUT2D eigenvalue weighted by Gasteiger charge is 2.16. The molecule has 0 bridgehead atoms. The number of carboxylic acids is 1. The molecule has 0 heterocycles. The Kier molecular flexibility index (Phi) is 7.28. The maximum atomic E-state index is 12.0. The van der Waals surface area contributed by atoms with Crippen LogP contribution in [0.1, 0.15) is 6.42 Å². The second-order valence-corrected chi connectivity index (χ2v) is 7.19. The molecule has 0 aromatic heterocycles. The molecule has 0 fully saturated rings. The molecule has 0 amide bonds. The maximum Gasteiger partial charge on any atom is 0.304 e. The van der Waals surface area contributed by atoms with Crippen molar-refractivity contribution in [2.75, 3.05) is 35.5 Å². The van der Waals surface area contributed by atoms with Crippen LogP contribution in [0, 0.1) is 0 Å². The molecular formula is C13H17Cl2NO4S. The number of hydrogen-bond donors (Lipinski definition) is 1. The number of sulfone groups is 1. The lowest BCUT2D eigenvalue weighted by molar-refractivity contribution is -0.136. The fraction of sp³-hybridized carbons (Fsp3) is 0.462. The molecule has 1 rings (SSSR count). The monoisotopic (exact) mass is 353 g/mol. The zero-order valence-electron chi connectivity index (χ0n) is 11.3. The smallest absolute Gasteiger partial charge is 0.304 e. The maximum absolute atomic E-state index is 12.0. The van der Waals surface area contributed by atoms with Crippen LogP contribution >= 0.6 is 23.2 Å². The number of anilines is 1. The van der Waals surface area contributed by atoms with E-state index in [0.29, 0.717) is 24.8 Å². The number of aliphatic carboxylic acids is 1. The van der Waals surface area contributed by atoms with Crippen molar-refractivity contribution in [1.29, 1.82) is 0 Å². The molecule has 8 heteroatoms. The van der Waals surface area contributed by atoms with Gasteiger partial charge in [0.2, 0.25) is 0 Å². The highest BCUT2D eigenvalue weighted by Crippen LogP contribution is 2.19. The van der Waals surface area contributed by atoms with Gasteiger partial charge >= 0.3 is 5.97 Å². The normalized spacial score (nSPS) is 11.3. The van der Waals surface area contributed by atoms with Crippen LogP contribution in [0.25, 0.3) is 0 Å². The summed E-state index contributed by atoms with van der Waals surface area (Å²) in [6.07, 6.45) is -0.408. The van der Waals surface area contributed by atoms with Crippen molar-refractivity contribution in [3.05, 3.63) is 24.3 Å². The molecule has 0 aliphatic carbocycles. The molecule has 0 unspecified atom stereocenters. The summed E-state index contributed by atoms with van der Waals surface area (Å²) in [5.74, 6) is -0.662. The van der Waals surface area contributed by atoms with Crippen molar-refractivity contribution in [3.8, 4) is 0 Å². The summed E-state index contributed by atoms with van der Waals surface area (Å²) in [4.78, 5) is 12.5. The molecule has 0 aliphatic rings. The Morgan fingerprint density at radius 1 is 1.10 bits per heavy atom. The molecule has 0 atom stereocenters. The van der Waals surface area contributed by atoms with Gasteiger partial charge in [0.1, 0.15) is 0 Å². The fourth-order valence-corrected chi connectivity index (χ4v) is 3.42. The Hall–Kier alpha value is -0.980. The van der Waals surface area contributed by atoms with Crippen LogP contribution in [0.2, 0.25) is 0 Å². The van der Waals surface area contributed by atoms with Crippen molar-refractivity contribution in [2.24, 2.45) is 0 Å². The number of rotatable bonds is 9. The minimum Gasteiger partial charge on any atom is -0.481 e. The summed E-state index contributed by atoms with van der Waals surface area (Å²) in [5.41, 5.74) is 0.827. The molecule has 118 valence electrons. The first kappa shape index (κ1) is 18.1. The topological polar surface area (TPSA) is 74.7 Å². The third-order valence-corrected chi connectivity index (χ3v) is 4.92. The molecule has 1 aromatic carbocycles. The molecule has 1 aromatic rings. The van der Waals surface area contributed by atoms with E-state index in [1.54, 1.807) is 12.1 Å². The van der Waals surface area contributed by atoms with Gasteiger partial charge in [0.25, 0.3) is 0 Å². The Morgan fingerprint density at radius 3 is 2.05 bits per heavy atom. The first-order chi connectivity index (χ1) is 9.90. The minimum absolute atomic E-state index is 0.115. The SMILES string of the molecule is O=C(O)CCS(=O)(=O)c1ccc(N(CCCl)CCCl)cc1. The van der Waals surface area contributed by atoms with Crippen LogP contribution in [0.4, 0.5) is 5.69 Å². The molecule has 0 spiro atoms. The van der Waals surface area contributed by atoms with Crippen LogP contribution < -0.4 is 4.90 Å². The van der Waals surface area contributed by atoms with Crippen LogP contribution in [-0.2, 0) is 14.6 Å². The van der Waals surface area contributed by atoms with Crippen molar-refractivity contribution in [2.45, 2.75) is 11.3 Å². The van der Waals surface area contributed by atoms with Gasteiger partial charge in [0.15, 0.2) is 9.84 Å². The average molecular weight is 354 g/mol. The van der Waals surface area contributed by atoms with E-state index < -0.39 is 28.0 Å². The summed E-state index contributed by atoms with van der Waals surface area (Å²) in [6.45, 7) is 1.22. The number of hydrogen-bond acceptors (Lipinski definition) is 4. The molecule has 21 heavy (non-hydrogen) atoms. The van der Waals surface area contributed by atoms with Crippen LogP contribution in [-0.4, -0.2) is 50.1 Å². The largest absolute Gasteiger partial charge is 0.481 e. The van der Waals surface area contributed by atoms with Gasteiger partial charge in [-0.25, -0.2) is 8.42 Å². The highest BCUT2D eigenvalue weighted by atomic mass is 35.5. The van der Waals surface area contributed by atoms with Crippen molar-refractivity contribution in [1.82, 2.24) is 0 Å². The zero-order valence-corrected chi connectivity index (χ0v) is 13.7. The quantitative estimate of drug-likeness (QED) is 0.689. The predicted octanol–water partition coefficient (Wildman–Crippen LogP) is 2.22. The van der Waals surface area contributed by atoms with Gasteiger partial charge in [-0.05, 0) is 24.3 Å². The minimum atomic E-state index is -3.57. The zero-order chi connectivity index (χ0) is 15.9. The van der Waals surface area contributed by atoms with Gasteiger partial charge in [-0.3, -0.25) is 4.79 Å². The van der Waals surface area contributed by atoms with Crippen LogP contribution in [0.3, 0.4) is 0 Å².